The first kappa shape index (κ1) is 11.6. The first-order valence-electron chi connectivity index (χ1n) is 5.39. The lowest BCUT2D eigenvalue weighted by Crippen LogP contribution is -2.36. The predicted octanol–water partition coefficient (Wildman–Crippen LogP) is 1.54. The number of nitrogens with one attached hydrogen (secondary N) is 1. The Kier molecular flexibility index (Phi) is 3.60. The van der Waals surface area contributed by atoms with Gasteiger partial charge in [-0.1, -0.05) is 12.8 Å². The lowest BCUT2D eigenvalue weighted by atomic mass is 9.93. The predicted molar refractivity (Wildman–Crippen MR) is 66.0 cm³/mol. The van der Waals surface area contributed by atoms with E-state index in [9.17, 15) is 5.11 Å². The lowest BCUT2D eigenvalue weighted by molar-refractivity contribution is 0.116. The van der Waals surface area contributed by atoms with E-state index in [2.05, 4.69) is 31.2 Å². The van der Waals surface area contributed by atoms with E-state index in [-0.39, 0.29) is 12.1 Å². The molecule has 88 valence electrons. The van der Waals surface area contributed by atoms with E-state index >= 15 is 0 Å². The van der Waals surface area contributed by atoms with E-state index in [4.69, 9.17) is 5.73 Å². The molecule has 1 saturated carbocycles. The van der Waals surface area contributed by atoms with Gasteiger partial charge in [-0.15, -0.1) is 0 Å². The van der Waals surface area contributed by atoms with Gasteiger partial charge < -0.3 is 16.2 Å². The second-order valence-electron chi connectivity index (χ2n) is 4.02. The Morgan fingerprint density at radius 1 is 1.38 bits per heavy atom. The average Bonchev–Trinajstić information content (AvgIpc) is 2.28. The molecule has 2 atom stereocenters. The highest BCUT2D eigenvalue weighted by atomic mass is 79.9. The molecule has 0 amide bonds. The van der Waals surface area contributed by atoms with Crippen LogP contribution in [0.4, 0.5) is 11.6 Å². The second kappa shape index (κ2) is 4.97. The number of nitrogen functional groups attached to an aromatic ring is 1. The number of halogens is 1. The van der Waals surface area contributed by atoms with Gasteiger partial charge in [0, 0.05) is 0 Å². The Morgan fingerprint density at radius 2 is 2.12 bits per heavy atom. The Bertz CT molecular complexity index is 374. The molecule has 0 aromatic carbocycles. The van der Waals surface area contributed by atoms with E-state index in [1.54, 1.807) is 0 Å². The molecular formula is C10H15BrN4O. The molecule has 1 aliphatic carbocycles. The van der Waals surface area contributed by atoms with E-state index in [0.29, 0.717) is 16.1 Å². The fourth-order valence-corrected chi connectivity index (χ4v) is 2.26. The lowest BCUT2D eigenvalue weighted by Gasteiger charge is -2.29. The van der Waals surface area contributed by atoms with Crippen molar-refractivity contribution in [1.29, 1.82) is 0 Å². The highest BCUT2D eigenvalue weighted by Crippen LogP contribution is 2.27. The molecule has 1 heterocycles. The van der Waals surface area contributed by atoms with Gasteiger partial charge in [-0.2, -0.15) is 0 Å². The van der Waals surface area contributed by atoms with E-state index in [0.717, 1.165) is 25.7 Å². The standard InChI is InChI=1S/C10H15BrN4O/c11-8-9(12)13-5-14-10(8)15-6-3-1-2-4-7(6)16/h5-7,16H,1-4H2,(H3,12,13,14,15). The van der Waals surface area contributed by atoms with E-state index in [1.165, 1.54) is 6.33 Å². The molecule has 1 fully saturated rings. The SMILES string of the molecule is Nc1ncnc(NC2CCCCC2O)c1Br. The topological polar surface area (TPSA) is 84.1 Å². The quantitative estimate of drug-likeness (QED) is 0.768. The van der Waals surface area contributed by atoms with Crippen LogP contribution in [0.2, 0.25) is 0 Å². The fourth-order valence-electron chi connectivity index (χ4n) is 1.94. The molecule has 1 aromatic rings. The summed E-state index contributed by atoms with van der Waals surface area (Å²) < 4.78 is 0.660. The highest BCUT2D eigenvalue weighted by Gasteiger charge is 2.23. The first-order chi connectivity index (χ1) is 7.68. The van der Waals surface area contributed by atoms with Crippen molar-refractivity contribution in [2.45, 2.75) is 37.8 Å². The van der Waals surface area contributed by atoms with Gasteiger partial charge in [-0.25, -0.2) is 9.97 Å². The molecule has 5 nitrogen and oxygen atoms in total. The summed E-state index contributed by atoms with van der Waals surface area (Å²) in [5.74, 6) is 1.06. The highest BCUT2D eigenvalue weighted by molar-refractivity contribution is 9.10. The molecule has 0 spiro atoms. The second-order valence-corrected chi connectivity index (χ2v) is 4.82. The van der Waals surface area contributed by atoms with Crippen molar-refractivity contribution in [1.82, 2.24) is 9.97 Å². The summed E-state index contributed by atoms with van der Waals surface area (Å²) in [5.41, 5.74) is 5.66. The molecular weight excluding hydrogens is 272 g/mol. The van der Waals surface area contributed by atoms with Gasteiger partial charge in [0.2, 0.25) is 0 Å². The minimum atomic E-state index is -0.308. The summed E-state index contributed by atoms with van der Waals surface area (Å²) in [6, 6.07) is 0.0550. The zero-order valence-corrected chi connectivity index (χ0v) is 10.4. The minimum absolute atomic E-state index is 0.0550. The van der Waals surface area contributed by atoms with Crippen LogP contribution in [0, 0.1) is 0 Å². The molecule has 2 unspecified atom stereocenters. The van der Waals surface area contributed by atoms with E-state index < -0.39 is 0 Å². The largest absolute Gasteiger partial charge is 0.391 e. The van der Waals surface area contributed by atoms with Gasteiger partial charge in [-0.05, 0) is 28.8 Å². The summed E-state index contributed by atoms with van der Waals surface area (Å²) in [5, 5.41) is 13.0. The van der Waals surface area contributed by atoms with E-state index in [1.807, 2.05) is 0 Å². The number of aliphatic hydroxyl groups excluding tert-OH is 1. The molecule has 0 aliphatic heterocycles. The zero-order chi connectivity index (χ0) is 11.5. The molecule has 1 aromatic heterocycles. The number of rotatable bonds is 2. The van der Waals surface area contributed by atoms with Crippen LogP contribution in [0.1, 0.15) is 25.7 Å². The van der Waals surface area contributed by atoms with Crippen molar-refractivity contribution in [2.24, 2.45) is 0 Å². The van der Waals surface area contributed by atoms with Crippen molar-refractivity contribution in [3.05, 3.63) is 10.8 Å². The molecule has 2 rings (SSSR count). The van der Waals surface area contributed by atoms with Crippen LogP contribution in [0.25, 0.3) is 0 Å². The summed E-state index contributed by atoms with van der Waals surface area (Å²) in [7, 11) is 0. The average molecular weight is 287 g/mol. The molecule has 1 aliphatic rings. The first-order valence-corrected chi connectivity index (χ1v) is 6.18. The Balaban J connectivity index is 2.10. The molecule has 0 radical (unpaired) electrons. The fraction of sp³-hybridized carbons (Fsp3) is 0.600. The van der Waals surface area contributed by atoms with Crippen molar-refractivity contribution in [3.8, 4) is 0 Å². The van der Waals surface area contributed by atoms with Crippen molar-refractivity contribution < 1.29 is 5.11 Å². The number of aromatic nitrogens is 2. The van der Waals surface area contributed by atoms with Crippen LogP contribution in [-0.2, 0) is 0 Å². The van der Waals surface area contributed by atoms with Crippen LogP contribution in [-0.4, -0.2) is 27.2 Å². The zero-order valence-electron chi connectivity index (χ0n) is 8.86. The van der Waals surface area contributed by atoms with Gasteiger partial charge in [0.25, 0.3) is 0 Å². The molecule has 0 bridgehead atoms. The maximum atomic E-state index is 9.84. The van der Waals surface area contributed by atoms with Gasteiger partial charge >= 0.3 is 0 Å². The number of nitrogens with zero attached hydrogens (tertiary/aromatic N) is 2. The van der Waals surface area contributed by atoms with Crippen molar-refractivity contribution in [2.75, 3.05) is 11.1 Å². The van der Waals surface area contributed by atoms with Crippen LogP contribution >= 0.6 is 15.9 Å². The van der Waals surface area contributed by atoms with Crippen molar-refractivity contribution >= 4 is 27.6 Å². The van der Waals surface area contributed by atoms with Crippen LogP contribution in [0.15, 0.2) is 10.8 Å². The van der Waals surface area contributed by atoms with Gasteiger partial charge in [-0.3, -0.25) is 0 Å². The molecule has 4 N–H and O–H groups in total. The summed E-state index contributed by atoms with van der Waals surface area (Å²) in [6.07, 6.45) is 5.13. The number of hydrogen-bond donors (Lipinski definition) is 3. The molecule has 16 heavy (non-hydrogen) atoms. The van der Waals surface area contributed by atoms with Gasteiger partial charge in [0.05, 0.1) is 12.1 Å². The number of aliphatic hydroxyl groups is 1. The minimum Gasteiger partial charge on any atom is -0.391 e. The summed E-state index contributed by atoms with van der Waals surface area (Å²) in [6.45, 7) is 0. The van der Waals surface area contributed by atoms with Gasteiger partial charge in [0.1, 0.15) is 22.4 Å². The molecule has 0 saturated heterocycles. The monoisotopic (exact) mass is 286 g/mol. The maximum Gasteiger partial charge on any atom is 0.146 e. The maximum absolute atomic E-state index is 9.84. The molecule has 6 heteroatoms. The normalized spacial score (nSPS) is 25.4. The number of hydrogen-bond acceptors (Lipinski definition) is 5. The van der Waals surface area contributed by atoms with Crippen LogP contribution in [0.5, 0.6) is 0 Å². The summed E-state index contributed by atoms with van der Waals surface area (Å²) >= 11 is 3.33. The third-order valence-corrected chi connectivity index (χ3v) is 3.65. The number of anilines is 2. The number of nitrogens with two attached hydrogens (primary N) is 1. The smallest absolute Gasteiger partial charge is 0.146 e. The van der Waals surface area contributed by atoms with Gasteiger partial charge in [0.15, 0.2) is 0 Å². The summed E-state index contributed by atoms with van der Waals surface area (Å²) in [4.78, 5) is 7.98. The third-order valence-electron chi connectivity index (χ3n) is 2.87. The Hall–Kier alpha value is -0.880. The Morgan fingerprint density at radius 3 is 2.88 bits per heavy atom. The van der Waals surface area contributed by atoms with Crippen molar-refractivity contribution in [3.63, 3.8) is 0 Å². The third kappa shape index (κ3) is 2.44. The Labute approximate surface area is 103 Å². The van der Waals surface area contributed by atoms with Crippen LogP contribution < -0.4 is 11.1 Å². The van der Waals surface area contributed by atoms with Crippen LogP contribution in [0.3, 0.4) is 0 Å².